The summed E-state index contributed by atoms with van der Waals surface area (Å²) in [5.74, 6) is 1.07. The van der Waals surface area contributed by atoms with Gasteiger partial charge in [-0.05, 0) is 24.0 Å². The number of benzene rings is 1. The molecule has 5 nitrogen and oxygen atoms in total. The fourth-order valence-electron chi connectivity index (χ4n) is 3.09. The Morgan fingerprint density at radius 3 is 2.95 bits per heavy atom. The molecule has 0 saturated carbocycles. The van der Waals surface area contributed by atoms with Gasteiger partial charge in [-0.15, -0.1) is 0 Å². The minimum absolute atomic E-state index is 0.00667. The molecule has 1 amide bonds. The van der Waals surface area contributed by atoms with Gasteiger partial charge in [0.25, 0.3) is 0 Å². The fraction of sp³-hybridized carbons (Fsp3) is 0.529. The molecule has 0 radical (unpaired) electrons. The number of H-pyrrole nitrogens is 1. The second-order valence-electron chi connectivity index (χ2n) is 6.90. The van der Waals surface area contributed by atoms with E-state index in [1.165, 1.54) is 0 Å². The van der Waals surface area contributed by atoms with Crippen molar-refractivity contribution in [3.8, 4) is 0 Å². The van der Waals surface area contributed by atoms with Crippen LogP contribution in [-0.2, 0) is 11.2 Å². The number of hydrogen-bond donors (Lipinski definition) is 2. The lowest BCUT2D eigenvalue weighted by atomic mass is 9.79. The first-order valence-corrected chi connectivity index (χ1v) is 7.93. The Balaban J connectivity index is 1.60. The van der Waals surface area contributed by atoms with Crippen LogP contribution in [-0.4, -0.2) is 39.9 Å². The maximum Gasteiger partial charge on any atom is 0.223 e. The summed E-state index contributed by atoms with van der Waals surface area (Å²) in [6.45, 7) is 5.78. The summed E-state index contributed by atoms with van der Waals surface area (Å²) in [6, 6.07) is 8.10. The monoisotopic (exact) mass is 300 g/mol. The molecule has 22 heavy (non-hydrogen) atoms. The second-order valence-corrected chi connectivity index (χ2v) is 6.90. The number of aryl methyl sites for hydroxylation is 1. The van der Waals surface area contributed by atoms with Gasteiger partial charge in [0.1, 0.15) is 5.82 Å². The highest BCUT2D eigenvalue weighted by atomic mass is 16.2. The van der Waals surface area contributed by atoms with Gasteiger partial charge in [0.2, 0.25) is 5.91 Å². The molecule has 3 rings (SSSR count). The zero-order valence-corrected chi connectivity index (χ0v) is 13.3. The van der Waals surface area contributed by atoms with E-state index in [9.17, 15) is 4.79 Å². The summed E-state index contributed by atoms with van der Waals surface area (Å²) in [5, 5.41) is 0. The van der Waals surface area contributed by atoms with E-state index in [4.69, 9.17) is 5.73 Å². The number of carbonyl (C=O) groups is 1. The predicted octanol–water partition coefficient (Wildman–Crippen LogP) is 2.08. The highest BCUT2D eigenvalue weighted by Crippen LogP contribution is 2.28. The van der Waals surface area contributed by atoms with E-state index in [1.54, 1.807) is 0 Å². The largest absolute Gasteiger partial charge is 0.342 e. The fourth-order valence-corrected chi connectivity index (χ4v) is 3.09. The molecule has 5 heteroatoms. The van der Waals surface area contributed by atoms with Crippen LogP contribution in [0.15, 0.2) is 24.3 Å². The van der Waals surface area contributed by atoms with Gasteiger partial charge in [-0.3, -0.25) is 4.79 Å². The van der Waals surface area contributed by atoms with Crippen LogP contribution in [0.3, 0.4) is 0 Å². The summed E-state index contributed by atoms with van der Waals surface area (Å²) in [4.78, 5) is 22.2. The van der Waals surface area contributed by atoms with E-state index in [0.717, 1.165) is 36.4 Å². The van der Waals surface area contributed by atoms with E-state index in [-0.39, 0.29) is 17.4 Å². The van der Waals surface area contributed by atoms with Crippen LogP contribution in [0.1, 0.15) is 32.5 Å². The second kappa shape index (κ2) is 5.72. The van der Waals surface area contributed by atoms with E-state index >= 15 is 0 Å². The lowest BCUT2D eigenvalue weighted by Crippen LogP contribution is -2.54. The van der Waals surface area contributed by atoms with Gasteiger partial charge < -0.3 is 15.6 Å². The number of para-hydroxylation sites is 2. The Labute approximate surface area is 130 Å². The van der Waals surface area contributed by atoms with Crippen LogP contribution in [0, 0.1) is 5.41 Å². The Morgan fingerprint density at radius 1 is 1.45 bits per heavy atom. The average molecular weight is 300 g/mol. The van der Waals surface area contributed by atoms with E-state index in [1.807, 2.05) is 29.2 Å². The molecule has 1 saturated heterocycles. The van der Waals surface area contributed by atoms with Crippen LogP contribution in [0.2, 0.25) is 0 Å². The number of nitrogens with two attached hydrogens (primary N) is 1. The SMILES string of the molecule is CC1(C)CN(C(=O)CCc2nc3ccccc3[nH]2)CCC1N. The lowest BCUT2D eigenvalue weighted by molar-refractivity contribution is -0.134. The standard InChI is InChI=1S/C17H24N4O/c1-17(2)11-21(10-9-14(17)18)16(22)8-7-15-19-12-5-3-4-6-13(12)20-15/h3-6,14H,7-11,18H2,1-2H3,(H,19,20). The van der Waals surface area contributed by atoms with E-state index in [0.29, 0.717) is 12.8 Å². The number of likely N-dealkylation sites (tertiary alicyclic amines) is 1. The van der Waals surface area contributed by atoms with Gasteiger partial charge in [0.05, 0.1) is 11.0 Å². The Bertz CT molecular complexity index is 643. The maximum absolute atomic E-state index is 12.4. The number of imidazole rings is 1. The van der Waals surface area contributed by atoms with Crippen LogP contribution >= 0.6 is 0 Å². The van der Waals surface area contributed by atoms with Crippen LogP contribution in [0.4, 0.5) is 0 Å². The molecule has 3 N–H and O–H groups in total. The molecule has 0 aliphatic carbocycles. The lowest BCUT2D eigenvalue weighted by Gasteiger charge is -2.42. The normalized spacial score (nSPS) is 21.2. The van der Waals surface area contributed by atoms with Gasteiger partial charge in [0, 0.05) is 32.0 Å². The Hall–Kier alpha value is -1.88. The van der Waals surface area contributed by atoms with Crippen molar-refractivity contribution in [1.29, 1.82) is 0 Å². The molecule has 1 atom stereocenters. The third-order valence-corrected chi connectivity index (χ3v) is 4.68. The molecule has 1 unspecified atom stereocenters. The van der Waals surface area contributed by atoms with Crippen LogP contribution in [0.25, 0.3) is 11.0 Å². The van der Waals surface area contributed by atoms with Crippen molar-refractivity contribution in [1.82, 2.24) is 14.9 Å². The molecular weight excluding hydrogens is 276 g/mol. The molecule has 1 aliphatic heterocycles. The van der Waals surface area contributed by atoms with E-state index < -0.39 is 0 Å². The number of aromatic amines is 1. The van der Waals surface area contributed by atoms with Crippen molar-refractivity contribution in [2.45, 2.75) is 39.2 Å². The number of nitrogens with one attached hydrogen (secondary N) is 1. The van der Waals surface area contributed by atoms with Crippen molar-refractivity contribution in [2.24, 2.45) is 11.1 Å². The minimum atomic E-state index is -0.00667. The molecule has 1 aromatic heterocycles. The molecular formula is C17H24N4O. The van der Waals surface area contributed by atoms with Crippen molar-refractivity contribution in [3.05, 3.63) is 30.1 Å². The van der Waals surface area contributed by atoms with Gasteiger partial charge in [-0.2, -0.15) is 0 Å². The first-order chi connectivity index (χ1) is 10.5. The molecule has 2 aromatic rings. The van der Waals surface area contributed by atoms with Crippen LogP contribution in [0.5, 0.6) is 0 Å². The van der Waals surface area contributed by atoms with Gasteiger partial charge in [-0.25, -0.2) is 4.98 Å². The molecule has 0 spiro atoms. The third kappa shape index (κ3) is 2.99. The number of aromatic nitrogens is 2. The number of hydrogen-bond acceptors (Lipinski definition) is 3. The highest BCUT2D eigenvalue weighted by Gasteiger charge is 2.35. The number of fused-ring (bicyclic) bond motifs is 1. The summed E-state index contributed by atoms with van der Waals surface area (Å²) >= 11 is 0. The van der Waals surface area contributed by atoms with Crippen molar-refractivity contribution < 1.29 is 4.79 Å². The Kier molecular flexibility index (Phi) is 3.91. The quantitative estimate of drug-likeness (QED) is 0.911. The number of amides is 1. The summed E-state index contributed by atoms with van der Waals surface area (Å²) < 4.78 is 0. The molecule has 1 aliphatic rings. The minimum Gasteiger partial charge on any atom is -0.342 e. The Morgan fingerprint density at radius 2 is 2.23 bits per heavy atom. The highest BCUT2D eigenvalue weighted by molar-refractivity contribution is 5.77. The summed E-state index contributed by atoms with van der Waals surface area (Å²) in [7, 11) is 0. The molecule has 1 fully saturated rings. The van der Waals surface area contributed by atoms with Crippen molar-refractivity contribution in [3.63, 3.8) is 0 Å². The first kappa shape index (κ1) is 15.0. The zero-order chi connectivity index (χ0) is 15.7. The zero-order valence-electron chi connectivity index (χ0n) is 13.3. The molecule has 1 aromatic carbocycles. The van der Waals surface area contributed by atoms with Gasteiger partial charge in [0.15, 0.2) is 0 Å². The number of nitrogens with zero attached hydrogens (tertiary/aromatic N) is 2. The van der Waals surface area contributed by atoms with Gasteiger partial charge in [-0.1, -0.05) is 26.0 Å². The molecule has 0 bridgehead atoms. The topological polar surface area (TPSA) is 75.0 Å². The average Bonchev–Trinajstić information content (AvgIpc) is 2.90. The van der Waals surface area contributed by atoms with E-state index in [2.05, 4.69) is 23.8 Å². The van der Waals surface area contributed by atoms with Crippen LogP contribution < -0.4 is 5.73 Å². The maximum atomic E-state index is 12.4. The number of piperidine rings is 1. The smallest absolute Gasteiger partial charge is 0.223 e. The predicted molar refractivity (Wildman–Crippen MR) is 87.4 cm³/mol. The summed E-state index contributed by atoms with van der Waals surface area (Å²) in [5.41, 5.74) is 8.10. The summed E-state index contributed by atoms with van der Waals surface area (Å²) in [6.07, 6.45) is 2.02. The first-order valence-electron chi connectivity index (χ1n) is 7.93. The number of rotatable bonds is 3. The molecule has 2 heterocycles. The molecule has 118 valence electrons. The van der Waals surface area contributed by atoms with Crippen molar-refractivity contribution >= 4 is 16.9 Å². The van der Waals surface area contributed by atoms with Gasteiger partial charge >= 0.3 is 0 Å². The van der Waals surface area contributed by atoms with Crippen molar-refractivity contribution in [2.75, 3.05) is 13.1 Å². The third-order valence-electron chi connectivity index (χ3n) is 4.68. The number of carbonyl (C=O) groups excluding carboxylic acids is 1.